The Hall–Kier alpha value is -0.985. The molecule has 0 fully saturated rings. The molecule has 1 aromatic carbocycles. The molecular weight excluding hydrogens is 521 g/mol. The molecule has 0 saturated heterocycles. The lowest BCUT2D eigenvalue weighted by molar-refractivity contribution is -0.358. The Bertz CT molecular complexity index is 1030. The molecule has 2 aliphatic rings. The third-order valence-electron chi connectivity index (χ3n) is 4.72. The summed E-state index contributed by atoms with van der Waals surface area (Å²) >= 11 is 10.2. The number of fused-ring (bicyclic) bond motifs is 2. The number of rotatable bonds is 1. The van der Waals surface area contributed by atoms with Gasteiger partial charge in [0.15, 0.2) is 5.70 Å². The fourth-order valence-corrected chi connectivity index (χ4v) is 4.98. The maximum absolute atomic E-state index is 15.2. The van der Waals surface area contributed by atoms with Crippen LogP contribution < -0.4 is 0 Å². The van der Waals surface area contributed by atoms with Crippen LogP contribution >= 0.6 is 47.8 Å². The van der Waals surface area contributed by atoms with E-state index in [1.54, 1.807) is 24.3 Å². The van der Waals surface area contributed by atoms with Gasteiger partial charge in [-0.05, 0) is 58.6 Å². The molecule has 0 aliphatic carbocycles. The van der Waals surface area contributed by atoms with Crippen molar-refractivity contribution in [3.8, 4) is 0 Å². The predicted octanol–water partition coefficient (Wildman–Crippen LogP) is 6.00. The van der Waals surface area contributed by atoms with E-state index < -0.39 is 6.97 Å². The van der Waals surface area contributed by atoms with Gasteiger partial charge in [0.1, 0.15) is 0 Å². The van der Waals surface area contributed by atoms with Gasteiger partial charge >= 0.3 is 6.97 Å². The minimum Gasteiger partial charge on any atom is -0.389 e. The molecule has 0 radical (unpaired) electrons. The summed E-state index contributed by atoms with van der Waals surface area (Å²) < 4.78 is 34.3. The van der Waals surface area contributed by atoms with E-state index in [1.807, 2.05) is 26.0 Å². The van der Waals surface area contributed by atoms with Crippen LogP contribution in [-0.4, -0.2) is 20.6 Å². The number of aromatic nitrogens is 1. The second-order valence-electron chi connectivity index (χ2n) is 6.15. The van der Waals surface area contributed by atoms with Crippen molar-refractivity contribution in [1.82, 2.24) is 4.48 Å². The van der Waals surface area contributed by atoms with E-state index in [2.05, 4.69) is 47.8 Å². The van der Waals surface area contributed by atoms with Gasteiger partial charge in [0.25, 0.3) is 0 Å². The van der Waals surface area contributed by atoms with Crippen LogP contribution in [0.25, 0.3) is 5.57 Å². The lowest BCUT2D eigenvalue weighted by atomic mass is 9.85. The molecule has 3 heterocycles. The van der Waals surface area contributed by atoms with Gasteiger partial charge < -0.3 is 17.6 Å². The Labute approximate surface area is 169 Å². The number of nitrogens with zero attached hydrogens (tertiary/aromatic N) is 2. The largest absolute Gasteiger partial charge is 0.738 e. The fraction of sp³-hybridized carbons (Fsp3) is 0.118. The summed E-state index contributed by atoms with van der Waals surface area (Å²) in [6, 6.07) is 7.41. The summed E-state index contributed by atoms with van der Waals surface area (Å²) in [5.74, 6) is 0. The maximum Gasteiger partial charge on any atom is 0.738 e. The van der Waals surface area contributed by atoms with Crippen LogP contribution in [0, 0.1) is 13.8 Å². The maximum atomic E-state index is 15.2. The lowest BCUT2D eigenvalue weighted by Gasteiger charge is -2.32. The number of benzene rings is 1. The molecule has 2 nitrogen and oxygen atoms in total. The predicted molar refractivity (Wildman–Crippen MR) is 108 cm³/mol. The highest BCUT2D eigenvalue weighted by Gasteiger charge is 2.54. The Kier molecular flexibility index (Phi) is 4.01. The van der Waals surface area contributed by atoms with Gasteiger partial charge in [-0.2, -0.15) is 0 Å². The van der Waals surface area contributed by atoms with Crippen molar-refractivity contribution in [2.45, 2.75) is 13.8 Å². The van der Waals surface area contributed by atoms with E-state index in [1.165, 1.54) is 0 Å². The molecule has 0 spiro atoms. The molecule has 25 heavy (non-hydrogen) atoms. The molecule has 0 N–H and O–H groups in total. The molecule has 0 saturated carbocycles. The minimum atomic E-state index is -3.98. The third kappa shape index (κ3) is 2.33. The van der Waals surface area contributed by atoms with E-state index in [-0.39, 0.29) is 0 Å². The first-order valence-corrected chi connectivity index (χ1v) is 10.0. The molecule has 0 amide bonds. The molecule has 1 aromatic heterocycles. The number of halogens is 5. The molecule has 8 heteroatoms. The Balaban J connectivity index is 2.14. The van der Waals surface area contributed by atoms with E-state index in [0.717, 1.165) is 35.7 Å². The zero-order valence-corrected chi connectivity index (χ0v) is 18.1. The highest BCUT2D eigenvalue weighted by atomic mass is 79.9. The second-order valence-corrected chi connectivity index (χ2v) is 8.57. The van der Waals surface area contributed by atoms with Gasteiger partial charge in [-0.3, -0.25) is 0 Å². The molecule has 2 aromatic rings. The molecule has 0 bridgehead atoms. The quantitative estimate of drug-likeness (QED) is 0.398. The second kappa shape index (κ2) is 5.76. The van der Waals surface area contributed by atoms with Crippen LogP contribution in [0.3, 0.4) is 0 Å². The molecule has 0 atom stereocenters. The number of hydrogen-bond acceptors (Lipinski definition) is 0. The van der Waals surface area contributed by atoms with Crippen LogP contribution in [0.1, 0.15) is 22.4 Å². The SMILES string of the molecule is Cc1ccc(C2=C3C=CC(Br)=[N+]3[B-](F)(F)n3c(Br)ccc32)c(C)c1Br. The topological polar surface area (TPSA) is 7.94 Å². The van der Waals surface area contributed by atoms with Gasteiger partial charge in [0.05, 0.1) is 10.2 Å². The fourth-order valence-electron chi connectivity index (χ4n) is 3.50. The van der Waals surface area contributed by atoms with Crippen molar-refractivity contribution in [1.29, 1.82) is 0 Å². The van der Waals surface area contributed by atoms with Crippen molar-refractivity contribution in [2.24, 2.45) is 0 Å². The first-order chi connectivity index (χ1) is 11.7. The van der Waals surface area contributed by atoms with Crippen molar-refractivity contribution in [3.05, 3.63) is 73.6 Å². The van der Waals surface area contributed by atoms with Gasteiger partial charge in [-0.25, -0.2) is 0 Å². The van der Waals surface area contributed by atoms with E-state index in [9.17, 15) is 0 Å². The van der Waals surface area contributed by atoms with Crippen molar-refractivity contribution in [3.63, 3.8) is 0 Å². The van der Waals surface area contributed by atoms with E-state index in [0.29, 0.717) is 20.6 Å². The summed E-state index contributed by atoms with van der Waals surface area (Å²) in [5.41, 5.74) is 4.88. The summed E-state index contributed by atoms with van der Waals surface area (Å²) in [6.07, 6.45) is 3.41. The van der Waals surface area contributed by atoms with E-state index in [4.69, 9.17) is 0 Å². The minimum absolute atomic E-state index is 0.361. The Morgan fingerprint density at radius 3 is 2.44 bits per heavy atom. The van der Waals surface area contributed by atoms with Gasteiger partial charge in [0, 0.05) is 38.2 Å². The normalized spacial score (nSPS) is 18.0. The Morgan fingerprint density at radius 2 is 1.72 bits per heavy atom. The molecule has 128 valence electrons. The summed E-state index contributed by atoms with van der Waals surface area (Å²) in [6.45, 7) is 0.0338. The van der Waals surface area contributed by atoms with Gasteiger partial charge in [0.2, 0.25) is 4.62 Å². The molecule has 4 rings (SSSR count). The highest BCUT2D eigenvalue weighted by Crippen LogP contribution is 2.43. The van der Waals surface area contributed by atoms with E-state index >= 15 is 8.63 Å². The Morgan fingerprint density at radius 1 is 1.00 bits per heavy atom. The van der Waals surface area contributed by atoms with Crippen molar-refractivity contribution >= 4 is 65.0 Å². The monoisotopic (exact) mass is 530 g/mol. The average molecular weight is 533 g/mol. The number of hydrogen-bond donors (Lipinski definition) is 0. The van der Waals surface area contributed by atoms with Gasteiger partial charge in [-0.15, -0.1) is 0 Å². The summed E-state index contributed by atoms with van der Waals surface area (Å²) in [5, 5.41) is 0. The zero-order chi connectivity index (χ0) is 18.1. The average Bonchev–Trinajstić information content (AvgIpc) is 3.12. The van der Waals surface area contributed by atoms with Crippen LogP contribution in [0.5, 0.6) is 0 Å². The van der Waals surface area contributed by atoms with Crippen LogP contribution in [-0.2, 0) is 0 Å². The smallest absolute Gasteiger partial charge is 0.389 e. The van der Waals surface area contributed by atoms with Gasteiger partial charge in [-0.1, -0.05) is 28.1 Å². The lowest BCUT2D eigenvalue weighted by Crippen LogP contribution is -2.50. The van der Waals surface area contributed by atoms with Crippen molar-refractivity contribution in [2.75, 3.05) is 0 Å². The standard InChI is InChI=1S/C17H12BBr3F2N2/c1-9-3-4-11(10(2)17(9)21)16-12-5-7-14(19)24(12)18(22,23)25-13(16)6-8-15(25)20/h3-8H,1-2H3. The molecule has 2 aliphatic heterocycles. The number of aryl methyl sites for hydroxylation is 1. The number of allylic oxidation sites excluding steroid dienone is 2. The molecular formula is C17H12BBr3F2N2. The van der Waals surface area contributed by atoms with Crippen molar-refractivity contribution < 1.29 is 13.1 Å². The third-order valence-corrected chi connectivity index (χ3v) is 7.23. The first kappa shape index (κ1) is 17.4. The zero-order valence-electron chi connectivity index (χ0n) is 13.3. The van der Waals surface area contributed by atoms with Crippen LogP contribution in [0.4, 0.5) is 8.63 Å². The molecule has 0 unspecified atom stereocenters. The first-order valence-electron chi connectivity index (χ1n) is 7.65. The van der Waals surface area contributed by atoms with Crippen LogP contribution in [0.15, 0.2) is 51.2 Å². The van der Waals surface area contributed by atoms with Crippen LogP contribution in [0.2, 0.25) is 0 Å². The summed E-state index contributed by atoms with van der Waals surface area (Å²) in [7, 11) is 0. The summed E-state index contributed by atoms with van der Waals surface area (Å²) in [4.78, 5) is 0. The highest BCUT2D eigenvalue weighted by molar-refractivity contribution is 9.18.